The summed E-state index contributed by atoms with van der Waals surface area (Å²) >= 11 is 0. The van der Waals surface area contributed by atoms with Crippen LogP contribution in [-0.4, -0.2) is 21.3 Å². The molecular weight excluding hydrogens is 374 g/mol. The molecule has 0 fully saturated rings. The van der Waals surface area contributed by atoms with E-state index in [0.29, 0.717) is 24.1 Å². The van der Waals surface area contributed by atoms with Crippen molar-refractivity contribution >= 4 is 22.8 Å². The van der Waals surface area contributed by atoms with Gasteiger partial charge in [0.05, 0.1) is 11.0 Å². The van der Waals surface area contributed by atoms with Crippen molar-refractivity contribution in [1.82, 2.24) is 14.9 Å². The average Bonchev–Trinajstić information content (AvgIpc) is 3.07. The Kier molecular flexibility index (Phi) is 5.30. The van der Waals surface area contributed by atoms with Crippen molar-refractivity contribution < 1.29 is 4.79 Å². The molecule has 30 heavy (non-hydrogen) atoms. The molecule has 6 nitrogen and oxygen atoms in total. The number of carbonyl (C=O) groups excluding carboxylic acids is 1. The highest BCUT2D eigenvalue weighted by Crippen LogP contribution is 2.19. The second kappa shape index (κ2) is 8.21. The van der Waals surface area contributed by atoms with Gasteiger partial charge in [0.15, 0.2) is 0 Å². The number of hydrogen-bond donors (Lipinski definition) is 3. The topological polar surface area (TPSA) is 96.8 Å². The molecular formula is C24H23N5O. The number of nitrogens with two attached hydrogens (primary N) is 1. The lowest BCUT2D eigenvalue weighted by molar-refractivity contribution is 0.0951. The van der Waals surface area contributed by atoms with Crippen LogP contribution in [0.1, 0.15) is 32.9 Å². The van der Waals surface area contributed by atoms with Crippen LogP contribution < -0.4 is 11.1 Å². The van der Waals surface area contributed by atoms with Gasteiger partial charge in [-0.1, -0.05) is 54.6 Å². The van der Waals surface area contributed by atoms with E-state index < -0.39 is 0 Å². The zero-order chi connectivity index (χ0) is 21.1. The first-order valence-electron chi connectivity index (χ1n) is 9.72. The molecule has 4 N–H and O–H groups in total. The van der Waals surface area contributed by atoms with Gasteiger partial charge in [-0.15, -0.1) is 0 Å². The number of imidazole rings is 1. The predicted octanol–water partition coefficient (Wildman–Crippen LogP) is 3.38. The van der Waals surface area contributed by atoms with Crippen molar-refractivity contribution in [1.29, 1.82) is 5.41 Å². The number of benzene rings is 3. The lowest BCUT2D eigenvalue weighted by Gasteiger charge is -2.06. The van der Waals surface area contributed by atoms with E-state index in [2.05, 4.69) is 5.32 Å². The number of carbonyl (C=O) groups is 1. The molecule has 4 aromatic rings. The number of amides is 1. The Labute approximate surface area is 174 Å². The molecule has 6 heteroatoms. The molecule has 1 heterocycles. The lowest BCUT2D eigenvalue weighted by atomic mass is 10.1. The number of fused-ring (bicyclic) bond motifs is 1. The van der Waals surface area contributed by atoms with E-state index in [0.717, 1.165) is 28.0 Å². The van der Waals surface area contributed by atoms with E-state index in [1.165, 1.54) is 0 Å². The number of nitrogens with zero attached hydrogens (tertiary/aromatic N) is 2. The van der Waals surface area contributed by atoms with Crippen LogP contribution in [0, 0.1) is 5.41 Å². The Morgan fingerprint density at radius 3 is 2.40 bits per heavy atom. The van der Waals surface area contributed by atoms with E-state index in [4.69, 9.17) is 16.1 Å². The largest absolute Gasteiger partial charge is 0.384 e. The zero-order valence-electron chi connectivity index (χ0n) is 16.7. The van der Waals surface area contributed by atoms with Crippen LogP contribution in [-0.2, 0) is 20.0 Å². The SMILES string of the molecule is Cn1c(Cc2ccc(C(=N)N)cc2)nc2cc(C(=O)NCc3ccccc3)ccc21. The van der Waals surface area contributed by atoms with Crippen molar-refractivity contribution in [2.24, 2.45) is 12.8 Å². The average molecular weight is 397 g/mol. The molecule has 0 bridgehead atoms. The minimum atomic E-state index is -0.118. The van der Waals surface area contributed by atoms with Gasteiger partial charge in [-0.3, -0.25) is 10.2 Å². The maximum absolute atomic E-state index is 12.6. The molecule has 1 amide bonds. The van der Waals surface area contributed by atoms with E-state index in [9.17, 15) is 4.79 Å². The summed E-state index contributed by atoms with van der Waals surface area (Å²) in [4.78, 5) is 17.3. The van der Waals surface area contributed by atoms with Gasteiger partial charge >= 0.3 is 0 Å². The summed E-state index contributed by atoms with van der Waals surface area (Å²) in [6.45, 7) is 0.488. The van der Waals surface area contributed by atoms with E-state index in [-0.39, 0.29) is 11.7 Å². The minimum Gasteiger partial charge on any atom is -0.384 e. The summed E-state index contributed by atoms with van der Waals surface area (Å²) < 4.78 is 2.04. The van der Waals surface area contributed by atoms with Crippen molar-refractivity contribution in [3.63, 3.8) is 0 Å². The van der Waals surface area contributed by atoms with Gasteiger partial charge in [0, 0.05) is 31.1 Å². The minimum absolute atomic E-state index is 0.0577. The van der Waals surface area contributed by atoms with Gasteiger partial charge in [0.1, 0.15) is 11.7 Å². The Morgan fingerprint density at radius 2 is 1.70 bits per heavy atom. The fraction of sp³-hybridized carbons (Fsp3) is 0.125. The van der Waals surface area contributed by atoms with Crippen LogP contribution in [0.2, 0.25) is 0 Å². The number of nitrogens with one attached hydrogen (secondary N) is 2. The zero-order valence-corrected chi connectivity index (χ0v) is 16.7. The number of rotatable bonds is 6. The standard InChI is InChI=1S/C24H23N5O/c1-29-21-12-11-19(24(30)27-15-17-5-3-2-4-6-17)14-20(21)28-22(29)13-16-7-9-18(10-8-16)23(25)26/h2-12,14H,13,15H2,1H3,(H3,25,26)(H,27,30). The Hall–Kier alpha value is -3.93. The summed E-state index contributed by atoms with van der Waals surface area (Å²) in [5.41, 5.74) is 10.7. The number of nitrogen functional groups attached to an aromatic ring is 1. The molecule has 3 aromatic carbocycles. The van der Waals surface area contributed by atoms with Crippen molar-refractivity contribution in [2.75, 3.05) is 0 Å². The molecule has 0 aliphatic heterocycles. The van der Waals surface area contributed by atoms with E-state index in [1.54, 1.807) is 0 Å². The van der Waals surface area contributed by atoms with Crippen LogP contribution in [0.5, 0.6) is 0 Å². The highest BCUT2D eigenvalue weighted by Gasteiger charge is 2.12. The summed E-state index contributed by atoms with van der Waals surface area (Å²) in [5.74, 6) is 0.845. The number of hydrogen-bond acceptors (Lipinski definition) is 3. The molecule has 0 radical (unpaired) electrons. The molecule has 0 aliphatic rings. The van der Waals surface area contributed by atoms with E-state index >= 15 is 0 Å². The van der Waals surface area contributed by atoms with E-state index in [1.807, 2.05) is 84.4 Å². The van der Waals surface area contributed by atoms with Gasteiger partial charge < -0.3 is 15.6 Å². The second-order valence-electron chi connectivity index (χ2n) is 7.25. The van der Waals surface area contributed by atoms with Crippen LogP contribution >= 0.6 is 0 Å². The number of aryl methyl sites for hydroxylation is 1. The Balaban J connectivity index is 1.52. The molecule has 4 rings (SSSR count). The van der Waals surface area contributed by atoms with Crippen LogP contribution in [0.4, 0.5) is 0 Å². The summed E-state index contributed by atoms with van der Waals surface area (Å²) in [5, 5.41) is 10.5. The number of aromatic nitrogens is 2. The van der Waals surface area contributed by atoms with Crippen molar-refractivity contribution in [3.8, 4) is 0 Å². The lowest BCUT2D eigenvalue weighted by Crippen LogP contribution is -2.22. The fourth-order valence-corrected chi connectivity index (χ4v) is 3.41. The highest BCUT2D eigenvalue weighted by atomic mass is 16.1. The third-order valence-electron chi connectivity index (χ3n) is 5.16. The molecule has 150 valence electrons. The monoisotopic (exact) mass is 397 g/mol. The van der Waals surface area contributed by atoms with Gasteiger partial charge in [-0.2, -0.15) is 0 Å². The fourth-order valence-electron chi connectivity index (χ4n) is 3.41. The maximum atomic E-state index is 12.6. The molecule has 0 saturated heterocycles. The Bertz CT molecular complexity index is 1210. The van der Waals surface area contributed by atoms with Crippen LogP contribution in [0.15, 0.2) is 72.8 Å². The van der Waals surface area contributed by atoms with Gasteiger partial charge in [0.2, 0.25) is 0 Å². The summed E-state index contributed by atoms with van der Waals surface area (Å²) in [7, 11) is 1.98. The van der Waals surface area contributed by atoms with Gasteiger partial charge in [-0.25, -0.2) is 4.98 Å². The first-order valence-corrected chi connectivity index (χ1v) is 9.72. The predicted molar refractivity (Wildman–Crippen MR) is 119 cm³/mol. The molecule has 0 spiro atoms. The third kappa shape index (κ3) is 4.07. The molecule has 0 unspecified atom stereocenters. The summed E-state index contributed by atoms with van der Waals surface area (Å²) in [6.07, 6.45) is 0.652. The first-order chi connectivity index (χ1) is 14.5. The van der Waals surface area contributed by atoms with Gasteiger partial charge in [-0.05, 0) is 29.3 Å². The maximum Gasteiger partial charge on any atom is 0.251 e. The number of amidine groups is 1. The second-order valence-corrected chi connectivity index (χ2v) is 7.25. The molecule has 1 aromatic heterocycles. The van der Waals surface area contributed by atoms with Crippen LogP contribution in [0.3, 0.4) is 0 Å². The van der Waals surface area contributed by atoms with Gasteiger partial charge in [0.25, 0.3) is 5.91 Å². The summed E-state index contributed by atoms with van der Waals surface area (Å²) in [6, 6.07) is 23.0. The highest BCUT2D eigenvalue weighted by molar-refractivity contribution is 5.97. The van der Waals surface area contributed by atoms with Crippen molar-refractivity contribution in [2.45, 2.75) is 13.0 Å². The Morgan fingerprint density at radius 1 is 1.00 bits per heavy atom. The normalized spacial score (nSPS) is 10.8. The smallest absolute Gasteiger partial charge is 0.251 e. The quantitative estimate of drug-likeness (QED) is 0.344. The first kappa shape index (κ1) is 19.4. The molecule has 0 saturated carbocycles. The van der Waals surface area contributed by atoms with Crippen LogP contribution in [0.25, 0.3) is 11.0 Å². The van der Waals surface area contributed by atoms with Crippen molar-refractivity contribution in [3.05, 3.63) is 101 Å². The molecule has 0 atom stereocenters. The molecule has 0 aliphatic carbocycles. The third-order valence-corrected chi connectivity index (χ3v) is 5.16.